The van der Waals surface area contributed by atoms with Crippen LogP contribution in [0.25, 0.3) is 0 Å². The van der Waals surface area contributed by atoms with Gasteiger partial charge in [-0.15, -0.1) is 0 Å². The molecule has 10 heteroatoms. The first-order valence-corrected chi connectivity index (χ1v) is 15.0. The summed E-state index contributed by atoms with van der Waals surface area (Å²) in [4.78, 5) is 28.5. The summed E-state index contributed by atoms with van der Waals surface area (Å²) >= 11 is 6.82. The molecule has 202 valence electrons. The Kier molecular flexibility index (Phi) is 9.78. The highest BCUT2D eigenvalue weighted by Crippen LogP contribution is 2.26. The number of nitrogens with one attached hydrogen (secondary N) is 1. The maximum absolute atomic E-state index is 13.9. The van der Waals surface area contributed by atoms with Crippen molar-refractivity contribution in [2.75, 3.05) is 10.8 Å². The molecule has 3 rings (SSSR count). The topological polar surface area (TPSA) is 86.8 Å². The van der Waals surface area contributed by atoms with Gasteiger partial charge in [-0.1, -0.05) is 62.2 Å². The molecule has 0 aromatic heterocycles. The maximum Gasteiger partial charge on any atom is 0.264 e. The van der Waals surface area contributed by atoms with Crippen LogP contribution in [0.2, 0.25) is 0 Å². The van der Waals surface area contributed by atoms with Crippen LogP contribution in [0, 0.1) is 0 Å². The maximum atomic E-state index is 13.9. The molecule has 0 saturated heterocycles. The van der Waals surface area contributed by atoms with E-state index in [2.05, 4.69) is 37.2 Å². The zero-order valence-corrected chi connectivity index (χ0v) is 25.7. The monoisotopic (exact) mass is 663 g/mol. The van der Waals surface area contributed by atoms with Gasteiger partial charge in [-0.25, -0.2) is 8.42 Å². The summed E-state index contributed by atoms with van der Waals surface area (Å²) in [7, 11) is -4.09. The fourth-order valence-corrected chi connectivity index (χ4v) is 5.89. The van der Waals surface area contributed by atoms with E-state index in [0.717, 1.165) is 18.8 Å². The van der Waals surface area contributed by atoms with E-state index in [1.54, 1.807) is 49.4 Å². The summed E-state index contributed by atoms with van der Waals surface area (Å²) < 4.78 is 30.1. The molecule has 0 radical (unpaired) electrons. The molecule has 0 spiro atoms. The van der Waals surface area contributed by atoms with Gasteiger partial charge in [0.15, 0.2) is 0 Å². The van der Waals surface area contributed by atoms with E-state index in [9.17, 15) is 18.0 Å². The highest BCUT2D eigenvalue weighted by atomic mass is 79.9. The molecule has 7 nitrogen and oxygen atoms in total. The zero-order chi connectivity index (χ0) is 28.1. The average Bonchev–Trinajstić information content (AvgIpc) is 2.85. The molecule has 1 unspecified atom stereocenters. The number of sulfonamides is 1. The lowest BCUT2D eigenvalue weighted by molar-refractivity contribution is -0.140. The quantitative estimate of drug-likeness (QED) is 0.316. The highest BCUT2D eigenvalue weighted by Gasteiger charge is 2.33. The Morgan fingerprint density at radius 1 is 0.895 bits per heavy atom. The van der Waals surface area contributed by atoms with Crippen molar-refractivity contribution < 1.29 is 18.0 Å². The van der Waals surface area contributed by atoms with E-state index in [-0.39, 0.29) is 17.3 Å². The van der Waals surface area contributed by atoms with Gasteiger partial charge < -0.3 is 10.2 Å². The number of carbonyl (C=O) groups is 2. The molecule has 1 N–H and O–H groups in total. The summed E-state index contributed by atoms with van der Waals surface area (Å²) in [6, 6.07) is 21.2. The van der Waals surface area contributed by atoms with Gasteiger partial charge in [0.2, 0.25) is 11.8 Å². The normalized spacial score (nSPS) is 12.5. The lowest BCUT2D eigenvalue weighted by Gasteiger charge is -2.33. The first-order valence-electron chi connectivity index (χ1n) is 12.0. The van der Waals surface area contributed by atoms with Crippen molar-refractivity contribution in [1.82, 2.24) is 10.2 Å². The standard InChI is InChI=1S/C28H31Br2N3O4S/c1-20(27(35)31-28(2,3)4)32(18-21-9-8-10-23(30)17-21)26(34)19-33(24-15-13-22(29)14-16-24)38(36,37)25-11-6-5-7-12-25/h5-17,20H,18-19H2,1-4H3,(H,31,35). The molecule has 0 aliphatic carbocycles. The van der Waals surface area contributed by atoms with Crippen LogP contribution in [0.5, 0.6) is 0 Å². The number of hydrogen-bond acceptors (Lipinski definition) is 4. The molecule has 3 aromatic carbocycles. The van der Waals surface area contributed by atoms with Crippen molar-refractivity contribution >= 4 is 59.4 Å². The average molecular weight is 665 g/mol. The largest absolute Gasteiger partial charge is 0.350 e. The number of carbonyl (C=O) groups excluding carboxylic acids is 2. The lowest BCUT2D eigenvalue weighted by Crippen LogP contribution is -2.54. The molecule has 0 fully saturated rings. The first-order chi connectivity index (χ1) is 17.8. The number of benzene rings is 3. The fraction of sp³-hybridized carbons (Fsp3) is 0.286. The number of rotatable bonds is 9. The lowest BCUT2D eigenvalue weighted by atomic mass is 10.1. The Balaban J connectivity index is 2.02. The highest BCUT2D eigenvalue weighted by molar-refractivity contribution is 9.10. The second-order valence-electron chi connectivity index (χ2n) is 9.87. The number of amides is 2. The Bertz CT molecular complexity index is 1380. The molecule has 0 aliphatic heterocycles. The van der Waals surface area contributed by atoms with Crippen LogP contribution in [-0.4, -0.2) is 43.3 Å². The fourth-order valence-electron chi connectivity index (χ4n) is 3.74. The third kappa shape index (κ3) is 7.91. The van der Waals surface area contributed by atoms with Crippen LogP contribution in [0.4, 0.5) is 5.69 Å². The van der Waals surface area contributed by atoms with Crippen molar-refractivity contribution in [3.05, 3.63) is 93.4 Å². The summed E-state index contributed by atoms with van der Waals surface area (Å²) in [6.45, 7) is 6.86. The van der Waals surface area contributed by atoms with E-state index in [1.807, 2.05) is 45.0 Å². The number of halogens is 2. The van der Waals surface area contributed by atoms with Gasteiger partial charge in [-0.2, -0.15) is 0 Å². The van der Waals surface area contributed by atoms with Crippen molar-refractivity contribution in [2.45, 2.75) is 50.7 Å². The molecule has 0 saturated carbocycles. The van der Waals surface area contributed by atoms with Crippen LogP contribution >= 0.6 is 31.9 Å². The van der Waals surface area contributed by atoms with Crippen LogP contribution in [0.15, 0.2) is 92.7 Å². The molecule has 0 bridgehead atoms. The smallest absolute Gasteiger partial charge is 0.264 e. The SMILES string of the molecule is CC(C(=O)NC(C)(C)C)N(Cc1cccc(Br)c1)C(=O)CN(c1ccc(Br)cc1)S(=O)(=O)c1ccccc1. The third-order valence-corrected chi connectivity index (χ3v) is 8.44. The minimum absolute atomic E-state index is 0.0628. The van der Waals surface area contributed by atoms with Gasteiger partial charge in [0.1, 0.15) is 12.6 Å². The Morgan fingerprint density at radius 2 is 1.53 bits per heavy atom. The second-order valence-corrected chi connectivity index (χ2v) is 13.6. The molecule has 38 heavy (non-hydrogen) atoms. The Hall–Kier alpha value is -2.69. The minimum Gasteiger partial charge on any atom is -0.350 e. The molecular formula is C28H31Br2N3O4S. The van der Waals surface area contributed by atoms with E-state index in [1.165, 1.54) is 17.0 Å². The van der Waals surface area contributed by atoms with E-state index in [4.69, 9.17) is 0 Å². The van der Waals surface area contributed by atoms with Crippen molar-refractivity contribution in [2.24, 2.45) is 0 Å². The first kappa shape index (κ1) is 29.9. The van der Waals surface area contributed by atoms with Crippen LogP contribution in [0.1, 0.15) is 33.3 Å². The van der Waals surface area contributed by atoms with Crippen molar-refractivity contribution in [3.8, 4) is 0 Å². The van der Waals surface area contributed by atoms with Gasteiger partial charge in [0, 0.05) is 21.0 Å². The molecular weight excluding hydrogens is 634 g/mol. The van der Waals surface area contributed by atoms with Crippen molar-refractivity contribution in [3.63, 3.8) is 0 Å². The Labute approximate surface area is 241 Å². The van der Waals surface area contributed by atoms with Gasteiger partial charge in [-0.05, 0) is 81.8 Å². The predicted octanol–water partition coefficient (Wildman–Crippen LogP) is 5.74. The summed E-state index contributed by atoms with van der Waals surface area (Å²) in [5.41, 5.74) is 0.625. The van der Waals surface area contributed by atoms with Crippen LogP contribution in [0.3, 0.4) is 0 Å². The predicted molar refractivity (Wildman–Crippen MR) is 157 cm³/mol. The minimum atomic E-state index is -4.09. The van der Waals surface area contributed by atoms with Crippen molar-refractivity contribution in [1.29, 1.82) is 0 Å². The zero-order valence-electron chi connectivity index (χ0n) is 21.7. The van der Waals surface area contributed by atoms with Gasteiger partial charge in [0.25, 0.3) is 10.0 Å². The number of anilines is 1. The molecule has 0 heterocycles. The van der Waals surface area contributed by atoms with Gasteiger partial charge >= 0.3 is 0 Å². The molecule has 3 aromatic rings. The van der Waals surface area contributed by atoms with Crippen LogP contribution in [-0.2, 0) is 26.2 Å². The van der Waals surface area contributed by atoms with E-state index >= 15 is 0 Å². The molecule has 0 aliphatic rings. The van der Waals surface area contributed by atoms with Gasteiger partial charge in [0.05, 0.1) is 10.6 Å². The summed E-state index contributed by atoms with van der Waals surface area (Å²) in [6.07, 6.45) is 0. The summed E-state index contributed by atoms with van der Waals surface area (Å²) in [5.74, 6) is -0.842. The van der Waals surface area contributed by atoms with E-state index in [0.29, 0.717) is 5.69 Å². The summed E-state index contributed by atoms with van der Waals surface area (Å²) in [5, 5.41) is 2.92. The van der Waals surface area contributed by atoms with Gasteiger partial charge in [-0.3, -0.25) is 13.9 Å². The Morgan fingerprint density at radius 3 is 2.11 bits per heavy atom. The number of hydrogen-bond donors (Lipinski definition) is 1. The van der Waals surface area contributed by atoms with E-state index < -0.39 is 34.1 Å². The number of nitrogens with zero attached hydrogens (tertiary/aromatic N) is 2. The molecule has 2 amide bonds. The third-order valence-electron chi connectivity index (χ3n) is 5.63. The van der Waals surface area contributed by atoms with Crippen LogP contribution < -0.4 is 9.62 Å². The molecule has 1 atom stereocenters. The second kappa shape index (κ2) is 12.4.